The number of halogens is 2. The Bertz CT molecular complexity index is 958. The van der Waals surface area contributed by atoms with Crippen LogP contribution in [0.2, 0.25) is 10.0 Å². The summed E-state index contributed by atoms with van der Waals surface area (Å²) >= 11 is 11.8. The number of benzene rings is 1. The minimum absolute atomic E-state index is 0.0279. The first-order valence-corrected chi connectivity index (χ1v) is 10.5. The topological polar surface area (TPSA) is 138 Å². The third-order valence-electron chi connectivity index (χ3n) is 3.82. The maximum Gasteiger partial charge on any atom is 0.459 e. The quantitative estimate of drug-likeness (QED) is 0.409. The number of pyridine rings is 1. The number of nitrogens with one attached hydrogen (secondary N) is 1. The average Bonchev–Trinajstić information content (AvgIpc) is 2.65. The van der Waals surface area contributed by atoms with E-state index < -0.39 is 33.0 Å². The van der Waals surface area contributed by atoms with Gasteiger partial charge in [0, 0.05) is 23.4 Å². The number of hydrogen-bond acceptors (Lipinski definition) is 7. The molecule has 2 rings (SSSR count). The van der Waals surface area contributed by atoms with Crippen molar-refractivity contribution in [2.75, 3.05) is 0 Å². The van der Waals surface area contributed by atoms with E-state index >= 15 is 0 Å². The summed E-state index contributed by atoms with van der Waals surface area (Å²) in [7, 11) is -4.23. The number of nitrogens with zero attached hydrogens (tertiary/aromatic N) is 1. The molecule has 4 N–H and O–H groups in total. The third-order valence-corrected chi connectivity index (χ3v) is 6.18. The summed E-state index contributed by atoms with van der Waals surface area (Å²) < 4.78 is 23.9. The van der Waals surface area contributed by atoms with Gasteiger partial charge in [0.15, 0.2) is 0 Å². The SMILES string of the molecule is Cc1ncc(COP(=O)(NC(C)C(=O)O)Oc2ccc(Cl)c(Cl)c2)c(CO)c1O. The molecule has 0 spiro atoms. The van der Waals surface area contributed by atoms with Gasteiger partial charge in [0.1, 0.15) is 17.5 Å². The number of rotatable bonds is 9. The first-order valence-electron chi connectivity index (χ1n) is 8.23. The van der Waals surface area contributed by atoms with E-state index in [-0.39, 0.29) is 32.7 Å². The normalized spacial score (nSPS) is 14.2. The van der Waals surface area contributed by atoms with Crippen LogP contribution in [0.5, 0.6) is 11.5 Å². The van der Waals surface area contributed by atoms with Gasteiger partial charge in [0.05, 0.1) is 29.0 Å². The summed E-state index contributed by atoms with van der Waals surface area (Å²) in [5, 5.41) is 31.3. The van der Waals surface area contributed by atoms with Crippen molar-refractivity contribution >= 4 is 36.9 Å². The molecule has 2 unspecified atom stereocenters. The molecule has 0 saturated heterocycles. The van der Waals surface area contributed by atoms with Gasteiger partial charge in [0.2, 0.25) is 0 Å². The highest BCUT2D eigenvalue weighted by Gasteiger charge is 2.32. The second-order valence-corrected chi connectivity index (χ2v) is 8.49. The zero-order valence-corrected chi connectivity index (χ0v) is 17.8. The maximum atomic E-state index is 13.2. The van der Waals surface area contributed by atoms with Crippen LogP contribution >= 0.6 is 30.9 Å². The van der Waals surface area contributed by atoms with Crippen LogP contribution in [0.4, 0.5) is 0 Å². The molecule has 0 aliphatic carbocycles. The summed E-state index contributed by atoms with van der Waals surface area (Å²) in [5.74, 6) is -1.47. The lowest BCUT2D eigenvalue weighted by molar-refractivity contribution is -0.138. The number of aliphatic hydroxyl groups excluding tert-OH is 1. The van der Waals surface area contributed by atoms with Crippen LogP contribution in [0, 0.1) is 6.92 Å². The summed E-state index contributed by atoms with van der Waals surface area (Å²) in [6.07, 6.45) is 1.34. The van der Waals surface area contributed by atoms with Gasteiger partial charge < -0.3 is 19.8 Å². The zero-order valence-electron chi connectivity index (χ0n) is 15.4. The number of aromatic nitrogens is 1. The molecule has 1 heterocycles. The lowest BCUT2D eigenvalue weighted by Crippen LogP contribution is -2.33. The van der Waals surface area contributed by atoms with Crippen molar-refractivity contribution in [1.29, 1.82) is 0 Å². The van der Waals surface area contributed by atoms with Gasteiger partial charge in [-0.25, -0.2) is 4.57 Å². The molecule has 0 saturated carbocycles. The fourth-order valence-electron chi connectivity index (χ4n) is 2.19. The van der Waals surface area contributed by atoms with E-state index in [1.807, 2.05) is 0 Å². The lowest BCUT2D eigenvalue weighted by Gasteiger charge is -2.22. The van der Waals surface area contributed by atoms with Crippen LogP contribution in [0.15, 0.2) is 24.4 Å². The van der Waals surface area contributed by atoms with Gasteiger partial charge in [0.25, 0.3) is 0 Å². The number of carboxylic acid groups (broad SMARTS) is 1. The highest BCUT2D eigenvalue weighted by molar-refractivity contribution is 7.52. The van der Waals surface area contributed by atoms with Crippen LogP contribution in [0.3, 0.4) is 0 Å². The number of carbonyl (C=O) groups is 1. The fourth-order valence-corrected chi connectivity index (χ4v) is 3.95. The molecular formula is C17H19Cl2N2O7P. The maximum absolute atomic E-state index is 13.2. The number of aromatic hydroxyl groups is 1. The van der Waals surface area contributed by atoms with E-state index in [0.29, 0.717) is 5.69 Å². The number of aryl methyl sites for hydroxylation is 1. The van der Waals surface area contributed by atoms with Crippen LogP contribution in [0.25, 0.3) is 0 Å². The van der Waals surface area contributed by atoms with E-state index in [1.54, 1.807) is 6.92 Å². The summed E-state index contributed by atoms with van der Waals surface area (Å²) in [5.41, 5.74) is 0.689. The molecule has 158 valence electrons. The molecule has 9 nitrogen and oxygen atoms in total. The summed E-state index contributed by atoms with van der Waals surface area (Å²) in [6, 6.07) is 2.82. The molecule has 0 aliphatic rings. The Labute approximate surface area is 176 Å². The predicted octanol–water partition coefficient (Wildman–Crippen LogP) is 3.66. The zero-order chi connectivity index (χ0) is 21.8. The molecule has 1 aromatic carbocycles. The van der Waals surface area contributed by atoms with Crippen molar-refractivity contribution in [2.45, 2.75) is 33.1 Å². The molecule has 1 aromatic heterocycles. The molecule has 2 aromatic rings. The molecule has 0 fully saturated rings. The molecule has 0 radical (unpaired) electrons. The van der Waals surface area contributed by atoms with Crippen molar-refractivity contribution in [3.05, 3.63) is 51.3 Å². The highest BCUT2D eigenvalue weighted by Crippen LogP contribution is 2.47. The molecule has 0 amide bonds. The Morgan fingerprint density at radius 2 is 2.03 bits per heavy atom. The van der Waals surface area contributed by atoms with E-state index in [4.69, 9.17) is 37.4 Å². The van der Waals surface area contributed by atoms with Crippen molar-refractivity contribution in [2.24, 2.45) is 0 Å². The lowest BCUT2D eigenvalue weighted by atomic mass is 10.1. The minimum atomic E-state index is -4.23. The molecule has 12 heteroatoms. The van der Waals surface area contributed by atoms with Crippen LogP contribution in [0.1, 0.15) is 23.7 Å². The molecular weight excluding hydrogens is 446 g/mol. The molecule has 0 bridgehead atoms. The Kier molecular flexibility index (Phi) is 7.87. The number of hydrogen-bond donors (Lipinski definition) is 4. The van der Waals surface area contributed by atoms with Gasteiger partial charge in [-0.05, 0) is 26.0 Å². The van der Waals surface area contributed by atoms with E-state index in [9.17, 15) is 19.6 Å². The van der Waals surface area contributed by atoms with Crippen molar-refractivity contribution in [3.8, 4) is 11.5 Å². The number of carboxylic acids is 1. The smallest absolute Gasteiger partial charge is 0.459 e. The predicted molar refractivity (Wildman–Crippen MR) is 106 cm³/mol. The minimum Gasteiger partial charge on any atom is -0.506 e. The van der Waals surface area contributed by atoms with E-state index in [1.165, 1.54) is 31.3 Å². The second kappa shape index (κ2) is 9.75. The third kappa shape index (κ3) is 6.05. The average molecular weight is 465 g/mol. The Balaban J connectivity index is 2.30. The van der Waals surface area contributed by atoms with Crippen molar-refractivity contribution in [3.63, 3.8) is 0 Å². The molecule has 2 atom stereocenters. The van der Waals surface area contributed by atoms with Gasteiger partial charge in [-0.15, -0.1) is 0 Å². The fraction of sp³-hybridized carbons (Fsp3) is 0.294. The van der Waals surface area contributed by atoms with E-state index in [2.05, 4.69) is 10.1 Å². The van der Waals surface area contributed by atoms with Gasteiger partial charge in [-0.2, -0.15) is 5.09 Å². The Morgan fingerprint density at radius 3 is 2.62 bits per heavy atom. The van der Waals surface area contributed by atoms with Gasteiger partial charge in [-0.1, -0.05) is 23.2 Å². The first-order chi connectivity index (χ1) is 13.6. The highest BCUT2D eigenvalue weighted by atomic mass is 35.5. The Morgan fingerprint density at radius 1 is 1.34 bits per heavy atom. The van der Waals surface area contributed by atoms with Crippen molar-refractivity contribution in [1.82, 2.24) is 10.1 Å². The number of aliphatic carboxylic acids is 1. The monoisotopic (exact) mass is 464 g/mol. The van der Waals surface area contributed by atoms with Crippen LogP contribution < -0.4 is 9.61 Å². The second-order valence-electron chi connectivity index (χ2n) is 5.98. The summed E-state index contributed by atoms with van der Waals surface area (Å²) in [6.45, 7) is 1.90. The summed E-state index contributed by atoms with van der Waals surface area (Å²) in [4.78, 5) is 15.1. The largest absolute Gasteiger partial charge is 0.506 e. The van der Waals surface area contributed by atoms with E-state index in [0.717, 1.165) is 0 Å². The van der Waals surface area contributed by atoms with Gasteiger partial charge >= 0.3 is 13.7 Å². The van der Waals surface area contributed by atoms with Crippen LogP contribution in [-0.4, -0.2) is 32.3 Å². The number of aliphatic hydroxyl groups is 1. The molecule has 0 aliphatic heterocycles. The van der Waals surface area contributed by atoms with Gasteiger partial charge in [-0.3, -0.25) is 14.3 Å². The standard InChI is InChI=1S/C17H19Cl2N2O7P/c1-9-16(23)13(7-22)11(6-20-9)8-27-29(26,21-10(2)17(24)25)28-12-3-4-14(18)15(19)5-12/h3-6,10,22-23H,7-8H2,1-2H3,(H,21,26)(H,24,25). The van der Waals surface area contributed by atoms with Crippen LogP contribution in [-0.2, 0) is 27.1 Å². The Hall–Kier alpha value is -1.87. The first kappa shape index (κ1) is 23.4. The molecule has 29 heavy (non-hydrogen) atoms. The van der Waals surface area contributed by atoms with Crippen molar-refractivity contribution < 1.29 is 33.7 Å².